The minimum absolute atomic E-state index is 0.139. The van der Waals surface area contributed by atoms with Crippen molar-refractivity contribution in [2.24, 2.45) is 7.05 Å². The van der Waals surface area contributed by atoms with Crippen molar-refractivity contribution in [1.82, 2.24) is 15.1 Å². The number of hydrogen-bond donors (Lipinski definition) is 2. The van der Waals surface area contributed by atoms with Gasteiger partial charge in [-0.1, -0.05) is 11.6 Å². The first-order valence-corrected chi connectivity index (χ1v) is 9.88. The molecule has 1 aromatic carbocycles. The molecule has 1 aromatic heterocycles. The van der Waals surface area contributed by atoms with Crippen LogP contribution < -0.4 is 15.8 Å². The summed E-state index contributed by atoms with van der Waals surface area (Å²) in [6, 6.07) is 3.86. The minimum atomic E-state index is -0.248. The summed E-state index contributed by atoms with van der Waals surface area (Å²) in [5.41, 5.74) is 3.49. The van der Waals surface area contributed by atoms with Gasteiger partial charge in [-0.2, -0.15) is 0 Å². The lowest BCUT2D eigenvalue weighted by atomic mass is 10.0. The van der Waals surface area contributed by atoms with E-state index in [9.17, 15) is 9.59 Å². The van der Waals surface area contributed by atoms with E-state index < -0.39 is 0 Å². The summed E-state index contributed by atoms with van der Waals surface area (Å²) in [7, 11) is 1.65. The molecule has 1 aliphatic rings. The Morgan fingerprint density at radius 1 is 1.43 bits per heavy atom. The van der Waals surface area contributed by atoms with Crippen molar-refractivity contribution in [2.75, 3.05) is 24.7 Å². The normalized spacial score (nSPS) is 16.4. The number of amides is 1. The standard InChI is InChI=1S/C20H27ClN4O3/c1-5-25(15-6-7-28-11-15)18-9-14(21)8-16(12(18)2)19(26)22-10-17-13(3)23-24(4)20(17)27/h8-9,15,23H,5-7,10-11H2,1-4H3,(H,22,26). The highest BCUT2D eigenvalue weighted by molar-refractivity contribution is 6.31. The molecule has 0 bridgehead atoms. The highest BCUT2D eigenvalue weighted by Gasteiger charge is 2.25. The molecule has 0 saturated carbocycles. The molecule has 3 rings (SSSR count). The Morgan fingerprint density at radius 2 is 2.18 bits per heavy atom. The molecule has 1 fully saturated rings. The number of carbonyl (C=O) groups is 1. The van der Waals surface area contributed by atoms with E-state index in [1.165, 1.54) is 4.68 Å². The minimum Gasteiger partial charge on any atom is -0.379 e. The van der Waals surface area contributed by atoms with Crippen LogP contribution in [0.25, 0.3) is 0 Å². The maximum Gasteiger partial charge on any atom is 0.271 e. The number of anilines is 1. The molecule has 0 aliphatic carbocycles. The molecule has 1 aliphatic heterocycles. The van der Waals surface area contributed by atoms with Gasteiger partial charge in [-0.3, -0.25) is 19.4 Å². The molecule has 2 N–H and O–H groups in total. The van der Waals surface area contributed by atoms with Crippen LogP contribution in [-0.4, -0.2) is 41.5 Å². The second-order valence-corrected chi connectivity index (χ2v) is 7.60. The van der Waals surface area contributed by atoms with Gasteiger partial charge >= 0.3 is 0 Å². The van der Waals surface area contributed by atoms with Crippen LogP contribution in [0.5, 0.6) is 0 Å². The number of aromatic amines is 1. The van der Waals surface area contributed by atoms with E-state index in [2.05, 4.69) is 22.2 Å². The fourth-order valence-corrected chi connectivity index (χ4v) is 4.01. The largest absolute Gasteiger partial charge is 0.379 e. The van der Waals surface area contributed by atoms with Crippen LogP contribution in [-0.2, 0) is 18.3 Å². The van der Waals surface area contributed by atoms with Crippen LogP contribution in [0.15, 0.2) is 16.9 Å². The number of nitrogens with one attached hydrogen (secondary N) is 2. The molecule has 7 nitrogen and oxygen atoms in total. The lowest BCUT2D eigenvalue weighted by Gasteiger charge is -2.31. The van der Waals surface area contributed by atoms with Crippen LogP contribution in [0.1, 0.15) is 40.5 Å². The predicted octanol–water partition coefficient (Wildman–Crippen LogP) is 2.53. The molecule has 1 unspecified atom stereocenters. The number of halogens is 1. The Labute approximate surface area is 169 Å². The monoisotopic (exact) mass is 406 g/mol. The number of ether oxygens (including phenoxy) is 1. The van der Waals surface area contributed by atoms with E-state index in [1.807, 2.05) is 19.9 Å². The molecule has 1 amide bonds. The van der Waals surface area contributed by atoms with Gasteiger partial charge < -0.3 is 15.0 Å². The maximum absolute atomic E-state index is 12.9. The summed E-state index contributed by atoms with van der Waals surface area (Å²) in [4.78, 5) is 27.2. The van der Waals surface area contributed by atoms with Crippen molar-refractivity contribution in [2.45, 2.75) is 39.8 Å². The van der Waals surface area contributed by atoms with Gasteiger partial charge in [0.2, 0.25) is 0 Å². The smallest absolute Gasteiger partial charge is 0.271 e. The number of nitrogens with zero attached hydrogens (tertiary/aromatic N) is 2. The Kier molecular flexibility index (Phi) is 6.15. The topological polar surface area (TPSA) is 79.4 Å². The summed E-state index contributed by atoms with van der Waals surface area (Å²) in [5, 5.41) is 6.30. The third kappa shape index (κ3) is 3.95. The zero-order valence-electron chi connectivity index (χ0n) is 16.8. The van der Waals surface area contributed by atoms with Crippen molar-refractivity contribution in [1.29, 1.82) is 0 Å². The quantitative estimate of drug-likeness (QED) is 0.772. The second kappa shape index (κ2) is 8.41. The summed E-state index contributed by atoms with van der Waals surface area (Å²) in [5.74, 6) is -0.248. The number of aromatic nitrogens is 2. The van der Waals surface area contributed by atoms with Gasteiger partial charge in [0, 0.05) is 42.2 Å². The van der Waals surface area contributed by atoms with Gasteiger partial charge in [0.1, 0.15) is 0 Å². The molecule has 1 atom stereocenters. The summed E-state index contributed by atoms with van der Waals surface area (Å²) >= 11 is 6.35. The van der Waals surface area contributed by atoms with E-state index in [1.54, 1.807) is 13.1 Å². The van der Waals surface area contributed by atoms with Gasteiger partial charge in [-0.05, 0) is 44.9 Å². The van der Waals surface area contributed by atoms with Gasteiger partial charge in [0.05, 0.1) is 24.8 Å². The number of aryl methyl sites for hydroxylation is 2. The van der Waals surface area contributed by atoms with Crippen molar-refractivity contribution in [3.05, 3.63) is 49.9 Å². The lowest BCUT2D eigenvalue weighted by Crippen LogP contribution is -2.36. The molecule has 2 aromatic rings. The van der Waals surface area contributed by atoms with E-state index in [0.29, 0.717) is 22.8 Å². The first kappa shape index (κ1) is 20.5. The molecular weight excluding hydrogens is 380 g/mol. The highest BCUT2D eigenvalue weighted by Crippen LogP contribution is 2.31. The fraction of sp³-hybridized carbons (Fsp3) is 0.500. The Balaban J connectivity index is 1.86. The average molecular weight is 407 g/mol. The Bertz CT molecular complexity index is 928. The molecule has 1 saturated heterocycles. The molecule has 0 spiro atoms. The Hall–Kier alpha value is -2.25. The highest BCUT2D eigenvalue weighted by atomic mass is 35.5. The van der Waals surface area contributed by atoms with Crippen molar-refractivity contribution >= 4 is 23.2 Å². The van der Waals surface area contributed by atoms with Crippen LogP contribution in [0.4, 0.5) is 5.69 Å². The van der Waals surface area contributed by atoms with Crippen LogP contribution in [0.3, 0.4) is 0 Å². The van der Waals surface area contributed by atoms with Crippen molar-refractivity contribution in [3.63, 3.8) is 0 Å². The van der Waals surface area contributed by atoms with Gasteiger partial charge in [-0.15, -0.1) is 0 Å². The SMILES string of the molecule is CCN(c1cc(Cl)cc(C(=O)NCc2c(C)[nH]n(C)c2=O)c1C)C1CCOC1. The molecule has 152 valence electrons. The number of H-pyrrole nitrogens is 1. The van der Waals surface area contributed by atoms with Gasteiger partial charge in [0.25, 0.3) is 11.5 Å². The summed E-state index contributed by atoms with van der Waals surface area (Å²) in [6.45, 7) is 8.22. The van der Waals surface area contributed by atoms with E-state index in [0.717, 1.165) is 36.5 Å². The molecule has 8 heteroatoms. The number of rotatable bonds is 6. The van der Waals surface area contributed by atoms with E-state index in [-0.39, 0.29) is 24.1 Å². The van der Waals surface area contributed by atoms with Crippen molar-refractivity contribution in [3.8, 4) is 0 Å². The molecular formula is C20H27ClN4O3. The number of benzene rings is 1. The third-order valence-electron chi connectivity index (χ3n) is 5.36. The van der Waals surface area contributed by atoms with Crippen LogP contribution in [0, 0.1) is 13.8 Å². The molecule has 2 heterocycles. The average Bonchev–Trinajstić information content (AvgIpc) is 3.26. The summed E-state index contributed by atoms with van der Waals surface area (Å²) < 4.78 is 6.94. The van der Waals surface area contributed by atoms with Crippen molar-refractivity contribution < 1.29 is 9.53 Å². The lowest BCUT2D eigenvalue weighted by molar-refractivity contribution is 0.0950. The fourth-order valence-electron chi connectivity index (χ4n) is 3.80. The van der Waals surface area contributed by atoms with E-state index in [4.69, 9.17) is 16.3 Å². The second-order valence-electron chi connectivity index (χ2n) is 7.16. The number of carbonyl (C=O) groups excluding carboxylic acids is 1. The van der Waals surface area contributed by atoms with Crippen LogP contribution >= 0.6 is 11.6 Å². The zero-order valence-corrected chi connectivity index (χ0v) is 17.5. The van der Waals surface area contributed by atoms with Gasteiger partial charge in [-0.25, -0.2) is 0 Å². The van der Waals surface area contributed by atoms with E-state index >= 15 is 0 Å². The molecule has 0 radical (unpaired) electrons. The van der Waals surface area contributed by atoms with Crippen LogP contribution in [0.2, 0.25) is 5.02 Å². The molecule has 28 heavy (non-hydrogen) atoms. The maximum atomic E-state index is 12.9. The third-order valence-corrected chi connectivity index (χ3v) is 5.58. The first-order valence-electron chi connectivity index (χ1n) is 9.50. The number of likely N-dealkylation sites (N-methyl/N-ethyl adjacent to an activating group) is 1. The Morgan fingerprint density at radius 3 is 2.75 bits per heavy atom. The zero-order chi connectivity index (χ0) is 20.4. The summed E-state index contributed by atoms with van der Waals surface area (Å²) in [6.07, 6.45) is 0.956. The number of hydrogen-bond acceptors (Lipinski definition) is 4. The first-order chi connectivity index (χ1) is 13.3. The van der Waals surface area contributed by atoms with Gasteiger partial charge in [0.15, 0.2) is 0 Å². The predicted molar refractivity (Wildman–Crippen MR) is 110 cm³/mol.